The van der Waals surface area contributed by atoms with E-state index in [4.69, 9.17) is 0 Å². The van der Waals surface area contributed by atoms with Crippen LogP contribution >= 0.6 is 0 Å². The molecule has 3 heteroatoms. The summed E-state index contributed by atoms with van der Waals surface area (Å²) in [6.45, 7) is 9.61. The molecule has 1 fully saturated rings. The Hall–Kier alpha value is -0.570. The van der Waals surface area contributed by atoms with Gasteiger partial charge >= 0.3 is 0 Å². The largest absolute Gasteiger partial charge is 0.353 e. The molecular weight excluding hydrogens is 200 g/mol. The third kappa shape index (κ3) is 3.78. The molecule has 2 N–H and O–H groups in total. The van der Waals surface area contributed by atoms with Crippen LogP contribution in [0.4, 0.5) is 0 Å². The molecule has 0 radical (unpaired) electrons. The number of carbonyl (C=O) groups is 1. The van der Waals surface area contributed by atoms with Crippen molar-refractivity contribution in [2.75, 3.05) is 6.54 Å². The van der Waals surface area contributed by atoms with Crippen molar-refractivity contribution in [1.82, 2.24) is 10.6 Å². The average Bonchev–Trinajstić information content (AvgIpc) is 2.63. The van der Waals surface area contributed by atoms with E-state index in [1.54, 1.807) is 0 Å². The van der Waals surface area contributed by atoms with Gasteiger partial charge in [-0.2, -0.15) is 0 Å². The van der Waals surface area contributed by atoms with Crippen LogP contribution in [-0.2, 0) is 4.79 Å². The van der Waals surface area contributed by atoms with Crippen LogP contribution in [-0.4, -0.2) is 24.5 Å². The third-order valence-corrected chi connectivity index (χ3v) is 3.70. The molecular formula is C13H26N2O. The Morgan fingerprint density at radius 3 is 2.69 bits per heavy atom. The normalized spacial score (nSPS) is 28.8. The zero-order chi connectivity index (χ0) is 12.1. The highest BCUT2D eigenvalue weighted by Crippen LogP contribution is 2.16. The van der Waals surface area contributed by atoms with Crippen LogP contribution in [0.3, 0.4) is 0 Å². The first-order valence-electron chi connectivity index (χ1n) is 6.58. The van der Waals surface area contributed by atoms with Gasteiger partial charge in [-0.25, -0.2) is 0 Å². The van der Waals surface area contributed by atoms with Crippen LogP contribution < -0.4 is 10.6 Å². The number of amides is 1. The summed E-state index contributed by atoms with van der Waals surface area (Å²) in [5.41, 5.74) is 0. The lowest BCUT2D eigenvalue weighted by Crippen LogP contribution is -2.41. The number of nitrogens with one attached hydrogen (secondary N) is 2. The minimum Gasteiger partial charge on any atom is -0.353 e. The molecule has 1 saturated heterocycles. The van der Waals surface area contributed by atoms with Crippen LogP contribution in [0.1, 0.15) is 47.0 Å². The van der Waals surface area contributed by atoms with E-state index in [1.165, 1.54) is 6.42 Å². The Morgan fingerprint density at radius 1 is 1.50 bits per heavy atom. The van der Waals surface area contributed by atoms with E-state index < -0.39 is 0 Å². The maximum atomic E-state index is 12.0. The van der Waals surface area contributed by atoms with Gasteiger partial charge in [0, 0.05) is 12.1 Å². The Labute approximate surface area is 99.4 Å². The molecule has 4 unspecified atom stereocenters. The number of hydrogen-bond donors (Lipinski definition) is 2. The van der Waals surface area contributed by atoms with E-state index in [2.05, 4.69) is 38.3 Å². The van der Waals surface area contributed by atoms with Crippen LogP contribution in [0.25, 0.3) is 0 Å². The van der Waals surface area contributed by atoms with Gasteiger partial charge in [-0.1, -0.05) is 20.3 Å². The molecule has 0 aromatic heterocycles. The predicted octanol–water partition coefficient (Wildman–Crippen LogP) is 1.93. The smallest absolute Gasteiger partial charge is 0.224 e. The lowest BCUT2D eigenvalue weighted by atomic mass is 9.98. The molecule has 16 heavy (non-hydrogen) atoms. The van der Waals surface area contributed by atoms with Crippen molar-refractivity contribution in [3.8, 4) is 0 Å². The Balaban J connectivity index is 2.33. The maximum absolute atomic E-state index is 12.0. The summed E-state index contributed by atoms with van der Waals surface area (Å²) in [7, 11) is 0. The van der Waals surface area contributed by atoms with Crippen LogP contribution in [0, 0.1) is 11.8 Å². The summed E-state index contributed by atoms with van der Waals surface area (Å²) < 4.78 is 0. The van der Waals surface area contributed by atoms with Gasteiger partial charge < -0.3 is 10.6 Å². The molecule has 94 valence electrons. The first-order chi connectivity index (χ1) is 7.54. The zero-order valence-corrected chi connectivity index (χ0v) is 11.0. The van der Waals surface area contributed by atoms with Gasteiger partial charge in [-0.3, -0.25) is 4.79 Å². The highest BCUT2D eigenvalue weighted by atomic mass is 16.2. The molecule has 4 atom stereocenters. The van der Waals surface area contributed by atoms with E-state index >= 15 is 0 Å². The second-order valence-corrected chi connectivity index (χ2v) is 5.30. The zero-order valence-electron chi connectivity index (χ0n) is 11.0. The molecule has 1 aliphatic rings. The van der Waals surface area contributed by atoms with E-state index in [1.807, 2.05) is 0 Å². The molecule has 0 saturated carbocycles. The number of rotatable bonds is 5. The van der Waals surface area contributed by atoms with Gasteiger partial charge in [0.05, 0.1) is 5.92 Å². The van der Waals surface area contributed by atoms with E-state index in [9.17, 15) is 4.79 Å². The van der Waals surface area contributed by atoms with Gasteiger partial charge in [0.15, 0.2) is 0 Å². The standard InChI is InChI=1S/C13H26N2O/c1-5-9(2)8-10(3)15-13(16)12-6-7-14-11(12)4/h9-12,14H,5-8H2,1-4H3,(H,15,16). The second-order valence-electron chi connectivity index (χ2n) is 5.30. The summed E-state index contributed by atoms with van der Waals surface area (Å²) in [4.78, 5) is 12.0. The first kappa shape index (κ1) is 13.5. The summed E-state index contributed by atoms with van der Waals surface area (Å²) in [6, 6.07) is 0.631. The molecule has 1 aliphatic heterocycles. The Kier molecular flexibility index (Phi) is 5.26. The van der Waals surface area contributed by atoms with Crippen molar-refractivity contribution in [2.45, 2.75) is 59.0 Å². The minimum absolute atomic E-state index is 0.166. The fourth-order valence-electron chi connectivity index (χ4n) is 2.40. The summed E-state index contributed by atoms with van der Waals surface area (Å²) in [6.07, 6.45) is 3.24. The van der Waals surface area contributed by atoms with Crippen molar-refractivity contribution in [3.05, 3.63) is 0 Å². The molecule has 3 nitrogen and oxygen atoms in total. The molecule has 0 aliphatic carbocycles. The monoisotopic (exact) mass is 226 g/mol. The fraction of sp³-hybridized carbons (Fsp3) is 0.923. The first-order valence-corrected chi connectivity index (χ1v) is 6.58. The van der Waals surface area contributed by atoms with Gasteiger partial charge in [0.2, 0.25) is 5.91 Å². The van der Waals surface area contributed by atoms with Crippen molar-refractivity contribution in [3.63, 3.8) is 0 Å². The lowest BCUT2D eigenvalue weighted by molar-refractivity contribution is -0.125. The topological polar surface area (TPSA) is 41.1 Å². The summed E-state index contributed by atoms with van der Waals surface area (Å²) in [5.74, 6) is 1.09. The Morgan fingerprint density at radius 2 is 2.19 bits per heavy atom. The SMILES string of the molecule is CCC(C)CC(C)NC(=O)C1CCNC1C. The molecule has 0 spiro atoms. The quantitative estimate of drug-likeness (QED) is 0.752. The molecule has 1 amide bonds. The number of hydrogen-bond acceptors (Lipinski definition) is 2. The van der Waals surface area contributed by atoms with Crippen LogP contribution in [0.2, 0.25) is 0 Å². The third-order valence-electron chi connectivity index (χ3n) is 3.70. The molecule has 1 rings (SSSR count). The maximum Gasteiger partial charge on any atom is 0.224 e. The van der Waals surface area contributed by atoms with Gasteiger partial charge in [-0.15, -0.1) is 0 Å². The average molecular weight is 226 g/mol. The van der Waals surface area contributed by atoms with Crippen molar-refractivity contribution < 1.29 is 4.79 Å². The predicted molar refractivity (Wildman–Crippen MR) is 67.2 cm³/mol. The highest BCUT2D eigenvalue weighted by Gasteiger charge is 2.29. The van der Waals surface area contributed by atoms with Crippen molar-refractivity contribution >= 4 is 5.91 Å². The van der Waals surface area contributed by atoms with E-state index in [0.29, 0.717) is 18.0 Å². The Bertz CT molecular complexity index is 230. The fourth-order valence-corrected chi connectivity index (χ4v) is 2.40. The van der Waals surface area contributed by atoms with Crippen LogP contribution in [0.5, 0.6) is 0 Å². The second kappa shape index (κ2) is 6.24. The van der Waals surface area contributed by atoms with E-state index in [0.717, 1.165) is 19.4 Å². The van der Waals surface area contributed by atoms with Gasteiger partial charge in [0.1, 0.15) is 0 Å². The number of carbonyl (C=O) groups excluding carboxylic acids is 1. The van der Waals surface area contributed by atoms with Crippen molar-refractivity contribution in [1.29, 1.82) is 0 Å². The van der Waals surface area contributed by atoms with Crippen LogP contribution in [0.15, 0.2) is 0 Å². The van der Waals surface area contributed by atoms with Gasteiger partial charge in [-0.05, 0) is 39.2 Å². The molecule has 0 bridgehead atoms. The minimum atomic E-state index is 0.166. The molecule has 0 aromatic rings. The van der Waals surface area contributed by atoms with E-state index in [-0.39, 0.29) is 11.8 Å². The molecule has 1 heterocycles. The lowest BCUT2D eigenvalue weighted by Gasteiger charge is -2.21. The highest BCUT2D eigenvalue weighted by molar-refractivity contribution is 5.79. The molecule has 0 aromatic carbocycles. The summed E-state index contributed by atoms with van der Waals surface area (Å²) in [5, 5.41) is 6.45. The van der Waals surface area contributed by atoms with Crippen molar-refractivity contribution in [2.24, 2.45) is 11.8 Å². The van der Waals surface area contributed by atoms with Gasteiger partial charge in [0.25, 0.3) is 0 Å². The summed E-state index contributed by atoms with van der Waals surface area (Å²) >= 11 is 0.